The molecule has 2 rings (SSSR count). The maximum Gasteiger partial charge on any atom is 0.249 e. The summed E-state index contributed by atoms with van der Waals surface area (Å²) in [5.74, 6) is 0.630. The molecule has 0 aliphatic carbocycles. The Morgan fingerprint density at radius 1 is 1.11 bits per heavy atom. The second kappa shape index (κ2) is 10.4. The van der Waals surface area contributed by atoms with Crippen molar-refractivity contribution in [3.8, 4) is 0 Å². The van der Waals surface area contributed by atoms with Gasteiger partial charge in [0.15, 0.2) is 4.34 Å². The van der Waals surface area contributed by atoms with Crippen LogP contribution in [0.15, 0.2) is 34.7 Å². The van der Waals surface area contributed by atoms with Crippen molar-refractivity contribution >= 4 is 40.0 Å². The zero-order chi connectivity index (χ0) is 19.8. The Labute approximate surface area is 168 Å². The van der Waals surface area contributed by atoms with Gasteiger partial charge < -0.3 is 5.32 Å². The molecule has 146 valence electrons. The first-order valence-electron chi connectivity index (χ1n) is 8.95. The van der Waals surface area contributed by atoms with Crippen LogP contribution in [0.5, 0.6) is 0 Å². The Morgan fingerprint density at radius 3 is 2.44 bits per heavy atom. The molecule has 1 heterocycles. The van der Waals surface area contributed by atoms with E-state index in [2.05, 4.69) is 33.0 Å². The number of hydrogen-bond donors (Lipinski definition) is 2. The Balaban J connectivity index is 1.91. The monoisotopic (exact) mass is 406 g/mol. The minimum Gasteiger partial charge on any atom is -0.344 e. The normalized spacial score (nSPS) is 12.2. The van der Waals surface area contributed by atoms with Crippen LogP contribution in [-0.2, 0) is 15.3 Å². The number of amides is 2. The number of carbonyl (C=O) groups excluding carboxylic acids is 2. The van der Waals surface area contributed by atoms with Crippen LogP contribution in [0.2, 0.25) is 0 Å². The molecule has 1 aromatic carbocycles. The second-order valence-corrected chi connectivity index (χ2v) is 9.22. The highest BCUT2D eigenvalue weighted by Crippen LogP contribution is 2.28. The fourth-order valence-electron chi connectivity index (χ4n) is 2.36. The van der Waals surface area contributed by atoms with Crippen LogP contribution < -0.4 is 10.6 Å². The number of thioether (sulfide) groups is 1. The van der Waals surface area contributed by atoms with Gasteiger partial charge in [-0.15, -0.1) is 10.2 Å². The molecule has 1 atom stereocenters. The average molecular weight is 407 g/mol. The van der Waals surface area contributed by atoms with Crippen LogP contribution in [0.4, 0.5) is 5.13 Å². The number of aromatic nitrogens is 2. The van der Waals surface area contributed by atoms with Gasteiger partial charge in [0.1, 0.15) is 6.04 Å². The standard InChI is InChI=1S/C19H26N4O2S2/c1-12(2)10-15(24)20-16(13(3)4)17(25)21-18-22-23-19(27-18)26-11-14-8-6-5-7-9-14/h5-9,12-13,16H,10-11H2,1-4H3,(H,20,24)(H,21,22,25). The molecule has 0 saturated heterocycles. The largest absolute Gasteiger partial charge is 0.344 e. The van der Waals surface area contributed by atoms with Crippen LogP contribution >= 0.6 is 23.1 Å². The summed E-state index contributed by atoms with van der Waals surface area (Å²) >= 11 is 2.91. The van der Waals surface area contributed by atoms with Crippen molar-refractivity contribution in [2.75, 3.05) is 5.32 Å². The summed E-state index contributed by atoms with van der Waals surface area (Å²) in [6.45, 7) is 7.75. The number of nitrogens with zero attached hydrogens (tertiary/aromatic N) is 2. The minimum atomic E-state index is -0.597. The zero-order valence-corrected chi connectivity index (χ0v) is 17.7. The highest BCUT2D eigenvalue weighted by molar-refractivity contribution is 8.00. The predicted octanol–water partition coefficient (Wildman–Crippen LogP) is 3.96. The molecule has 0 radical (unpaired) electrons. The van der Waals surface area contributed by atoms with E-state index in [4.69, 9.17) is 0 Å². The first kappa shape index (κ1) is 21.4. The van der Waals surface area contributed by atoms with Crippen LogP contribution in [0.25, 0.3) is 0 Å². The fraction of sp³-hybridized carbons (Fsp3) is 0.474. The lowest BCUT2D eigenvalue weighted by Crippen LogP contribution is -2.47. The van der Waals surface area contributed by atoms with Crippen LogP contribution in [0.3, 0.4) is 0 Å². The molecule has 0 saturated carbocycles. The van der Waals surface area contributed by atoms with Gasteiger partial charge in [0.2, 0.25) is 16.9 Å². The molecule has 0 aliphatic rings. The van der Waals surface area contributed by atoms with E-state index in [-0.39, 0.29) is 23.7 Å². The highest BCUT2D eigenvalue weighted by atomic mass is 32.2. The lowest BCUT2D eigenvalue weighted by Gasteiger charge is -2.21. The SMILES string of the molecule is CC(C)CC(=O)NC(C(=O)Nc1nnc(SCc2ccccc2)s1)C(C)C. The van der Waals surface area contributed by atoms with E-state index in [1.165, 1.54) is 16.9 Å². The summed E-state index contributed by atoms with van der Waals surface area (Å²) in [5, 5.41) is 14.2. The van der Waals surface area contributed by atoms with Gasteiger partial charge >= 0.3 is 0 Å². The predicted molar refractivity (Wildman–Crippen MR) is 111 cm³/mol. The van der Waals surface area contributed by atoms with E-state index in [0.717, 1.165) is 10.1 Å². The molecule has 2 aromatic rings. The smallest absolute Gasteiger partial charge is 0.249 e. The van der Waals surface area contributed by atoms with Gasteiger partial charge in [-0.1, -0.05) is 81.1 Å². The minimum absolute atomic E-state index is 0.0269. The second-order valence-electron chi connectivity index (χ2n) is 7.02. The van der Waals surface area contributed by atoms with Crippen molar-refractivity contribution in [2.45, 2.75) is 50.3 Å². The summed E-state index contributed by atoms with van der Waals surface area (Å²) < 4.78 is 0.791. The van der Waals surface area contributed by atoms with Crippen molar-refractivity contribution in [1.29, 1.82) is 0 Å². The summed E-state index contributed by atoms with van der Waals surface area (Å²) in [5.41, 5.74) is 1.20. The lowest BCUT2D eigenvalue weighted by atomic mass is 10.0. The molecule has 0 aliphatic heterocycles. The number of benzene rings is 1. The van der Waals surface area contributed by atoms with Gasteiger partial charge in [0.05, 0.1) is 0 Å². The van der Waals surface area contributed by atoms with E-state index >= 15 is 0 Å². The Kier molecular flexibility index (Phi) is 8.24. The van der Waals surface area contributed by atoms with Crippen LogP contribution in [0.1, 0.15) is 39.7 Å². The van der Waals surface area contributed by atoms with Gasteiger partial charge in [-0.3, -0.25) is 14.9 Å². The number of carbonyl (C=O) groups is 2. The molecule has 0 fully saturated rings. The molecule has 0 bridgehead atoms. The first-order valence-corrected chi connectivity index (χ1v) is 10.8. The molecule has 27 heavy (non-hydrogen) atoms. The molecule has 2 N–H and O–H groups in total. The summed E-state index contributed by atoms with van der Waals surface area (Å²) in [6.07, 6.45) is 0.398. The van der Waals surface area contributed by atoms with Gasteiger partial charge in [0.25, 0.3) is 0 Å². The number of hydrogen-bond acceptors (Lipinski definition) is 6. The third-order valence-corrected chi connectivity index (χ3v) is 5.74. The fourth-order valence-corrected chi connectivity index (χ4v) is 4.07. The Bertz CT molecular complexity index is 747. The molecule has 0 spiro atoms. The molecular weight excluding hydrogens is 380 g/mol. The third kappa shape index (κ3) is 7.30. The maximum atomic E-state index is 12.6. The van der Waals surface area contributed by atoms with E-state index < -0.39 is 6.04 Å². The van der Waals surface area contributed by atoms with Crippen LogP contribution in [-0.4, -0.2) is 28.1 Å². The van der Waals surface area contributed by atoms with Gasteiger partial charge in [-0.2, -0.15) is 0 Å². The quantitative estimate of drug-likeness (QED) is 0.486. The van der Waals surface area contributed by atoms with Crippen molar-refractivity contribution in [2.24, 2.45) is 11.8 Å². The topological polar surface area (TPSA) is 84.0 Å². The van der Waals surface area contributed by atoms with E-state index in [1.807, 2.05) is 45.9 Å². The summed E-state index contributed by atoms with van der Waals surface area (Å²) in [6, 6.07) is 9.51. The van der Waals surface area contributed by atoms with E-state index in [9.17, 15) is 9.59 Å². The van der Waals surface area contributed by atoms with Crippen molar-refractivity contribution in [3.63, 3.8) is 0 Å². The van der Waals surface area contributed by atoms with E-state index in [0.29, 0.717) is 11.6 Å². The Morgan fingerprint density at radius 2 is 1.81 bits per heavy atom. The first-order chi connectivity index (χ1) is 12.8. The Hall–Kier alpha value is -1.93. The molecule has 6 nitrogen and oxygen atoms in total. The summed E-state index contributed by atoms with van der Waals surface area (Å²) in [4.78, 5) is 24.6. The maximum absolute atomic E-state index is 12.6. The number of rotatable bonds is 9. The van der Waals surface area contributed by atoms with E-state index in [1.54, 1.807) is 11.8 Å². The molecule has 8 heteroatoms. The van der Waals surface area contributed by atoms with Gasteiger partial charge in [-0.25, -0.2) is 0 Å². The number of nitrogens with one attached hydrogen (secondary N) is 2. The molecule has 1 unspecified atom stereocenters. The lowest BCUT2D eigenvalue weighted by molar-refractivity contribution is -0.127. The van der Waals surface area contributed by atoms with Gasteiger partial charge in [-0.05, 0) is 17.4 Å². The van der Waals surface area contributed by atoms with Crippen molar-refractivity contribution in [3.05, 3.63) is 35.9 Å². The highest BCUT2D eigenvalue weighted by Gasteiger charge is 2.25. The van der Waals surface area contributed by atoms with Crippen LogP contribution in [0, 0.1) is 11.8 Å². The van der Waals surface area contributed by atoms with Crippen molar-refractivity contribution < 1.29 is 9.59 Å². The third-order valence-electron chi connectivity index (χ3n) is 3.70. The zero-order valence-electron chi connectivity index (χ0n) is 16.1. The van der Waals surface area contributed by atoms with Crippen molar-refractivity contribution in [1.82, 2.24) is 15.5 Å². The average Bonchev–Trinajstić information content (AvgIpc) is 3.05. The number of anilines is 1. The molecule has 1 aromatic heterocycles. The van der Waals surface area contributed by atoms with Gasteiger partial charge in [0, 0.05) is 12.2 Å². The molecular formula is C19H26N4O2S2. The summed E-state index contributed by atoms with van der Waals surface area (Å²) in [7, 11) is 0. The molecule has 2 amide bonds.